The van der Waals surface area contributed by atoms with E-state index in [1.54, 1.807) is 0 Å². The minimum absolute atomic E-state index is 0.00318. The lowest BCUT2D eigenvalue weighted by Gasteiger charge is -2.10. The minimum Gasteiger partial charge on any atom is -0.422 e. The summed E-state index contributed by atoms with van der Waals surface area (Å²) in [5.74, 6) is 1.07. The lowest BCUT2D eigenvalue weighted by Crippen LogP contribution is -2.14. The third kappa shape index (κ3) is 2.28. The van der Waals surface area contributed by atoms with Crippen LogP contribution in [0.1, 0.15) is 17.5 Å². The summed E-state index contributed by atoms with van der Waals surface area (Å²) in [6.45, 7) is 0. The van der Waals surface area contributed by atoms with E-state index in [9.17, 15) is 9.59 Å². The van der Waals surface area contributed by atoms with Crippen LogP contribution in [0, 0.1) is 0 Å². The molecular weight excluding hydrogens is 348 g/mol. The van der Waals surface area contributed by atoms with E-state index in [1.165, 1.54) is 11.3 Å². The number of rotatable bonds is 1. The normalized spacial score (nSPS) is 13.2. The van der Waals surface area contributed by atoms with Crippen LogP contribution in [0.15, 0.2) is 66.3 Å². The van der Waals surface area contributed by atoms with Crippen molar-refractivity contribution in [2.45, 2.75) is 19.3 Å². The van der Waals surface area contributed by atoms with E-state index in [4.69, 9.17) is 8.83 Å². The summed E-state index contributed by atoms with van der Waals surface area (Å²) in [5, 5.41) is 2.58. The van der Waals surface area contributed by atoms with Gasteiger partial charge in [-0.05, 0) is 42.3 Å². The van der Waals surface area contributed by atoms with E-state index in [-0.39, 0.29) is 5.39 Å². The monoisotopic (exact) mass is 362 g/mol. The molecule has 1 aliphatic rings. The van der Waals surface area contributed by atoms with Crippen molar-refractivity contribution in [3.8, 4) is 22.0 Å². The largest absolute Gasteiger partial charge is 0.422 e. The Morgan fingerprint density at radius 3 is 2.62 bits per heavy atom. The van der Waals surface area contributed by atoms with Crippen LogP contribution in [0.25, 0.3) is 32.7 Å². The smallest absolute Gasteiger partial charge is 0.351 e. The summed E-state index contributed by atoms with van der Waals surface area (Å²) in [6, 6.07) is 13.6. The maximum absolute atomic E-state index is 12.6. The molecule has 3 heterocycles. The summed E-state index contributed by atoms with van der Waals surface area (Å²) >= 11 is 1.49. The molecule has 0 spiro atoms. The van der Waals surface area contributed by atoms with E-state index in [0.717, 1.165) is 40.8 Å². The molecule has 1 aliphatic carbocycles. The van der Waals surface area contributed by atoms with Gasteiger partial charge in [-0.25, -0.2) is 9.59 Å². The van der Waals surface area contributed by atoms with Crippen molar-refractivity contribution in [2.24, 2.45) is 0 Å². The highest BCUT2D eigenvalue weighted by atomic mass is 32.1. The van der Waals surface area contributed by atoms with Gasteiger partial charge in [0.1, 0.15) is 11.5 Å². The van der Waals surface area contributed by atoms with Crippen molar-refractivity contribution < 1.29 is 8.83 Å². The third-order valence-electron chi connectivity index (χ3n) is 4.85. The van der Waals surface area contributed by atoms with Crippen LogP contribution in [0.2, 0.25) is 0 Å². The van der Waals surface area contributed by atoms with Crippen molar-refractivity contribution in [3.63, 3.8) is 0 Å². The molecular formula is C21H14O4S. The summed E-state index contributed by atoms with van der Waals surface area (Å²) in [7, 11) is 0. The van der Waals surface area contributed by atoms with E-state index in [2.05, 4.69) is 6.07 Å². The van der Waals surface area contributed by atoms with E-state index < -0.39 is 11.3 Å². The molecule has 128 valence electrons. The van der Waals surface area contributed by atoms with Crippen LogP contribution in [-0.2, 0) is 12.8 Å². The molecule has 0 saturated heterocycles. The topological polar surface area (TPSA) is 60.4 Å². The average Bonchev–Trinajstić information content (AvgIpc) is 3.11. The fraction of sp³-hybridized carbons (Fsp3) is 0.143. The van der Waals surface area contributed by atoms with Gasteiger partial charge in [0.15, 0.2) is 5.39 Å². The molecule has 0 saturated carbocycles. The predicted molar refractivity (Wildman–Crippen MR) is 102 cm³/mol. The van der Waals surface area contributed by atoms with Crippen LogP contribution in [0.3, 0.4) is 0 Å². The van der Waals surface area contributed by atoms with Crippen molar-refractivity contribution in [1.82, 2.24) is 0 Å². The highest BCUT2D eigenvalue weighted by molar-refractivity contribution is 7.13. The van der Waals surface area contributed by atoms with Gasteiger partial charge in [-0.15, -0.1) is 11.3 Å². The molecule has 3 aromatic heterocycles. The zero-order valence-corrected chi connectivity index (χ0v) is 14.6. The second kappa shape index (κ2) is 5.81. The molecule has 0 fully saturated rings. The first-order valence-corrected chi connectivity index (χ1v) is 9.36. The second-order valence-corrected chi connectivity index (χ2v) is 7.32. The number of thiophene rings is 1. The third-order valence-corrected chi connectivity index (χ3v) is 5.73. The molecule has 0 aliphatic heterocycles. The summed E-state index contributed by atoms with van der Waals surface area (Å²) < 4.78 is 11.0. The lowest BCUT2D eigenvalue weighted by atomic mass is 10.00. The van der Waals surface area contributed by atoms with Gasteiger partial charge in [0.25, 0.3) is 0 Å². The molecule has 4 aromatic rings. The molecule has 0 N–H and O–H groups in total. The molecule has 0 atom stereocenters. The van der Waals surface area contributed by atoms with Crippen LogP contribution in [0.5, 0.6) is 0 Å². The number of hydrogen-bond donors (Lipinski definition) is 0. The molecule has 0 amide bonds. The Kier molecular flexibility index (Phi) is 3.43. The molecule has 0 unspecified atom stereocenters. The maximum Gasteiger partial charge on any atom is 0.351 e. The fourth-order valence-corrected chi connectivity index (χ4v) is 4.35. The summed E-state index contributed by atoms with van der Waals surface area (Å²) in [4.78, 5) is 25.9. The Balaban J connectivity index is 1.90. The van der Waals surface area contributed by atoms with Crippen molar-refractivity contribution in [2.75, 3.05) is 0 Å². The SMILES string of the molecule is O=c1oc(-c2cccs2)cc2c3c(oc(=O)c12)-c1ccccc1CCC3. The lowest BCUT2D eigenvalue weighted by molar-refractivity contribution is 0.509. The first-order chi connectivity index (χ1) is 12.7. The predicted octanol–water partition coefficient (Wildman–Crippen LogP) is 4.63. The van der Waals surface area contributed by atoms with Gasteiger partial charge >= 0.3 is 11.3 Å². The van der Waals surface area contributed by atoms with E-state index in [1.807, 2.05) is 41.8 Å². The van der Waals surface area contributed by atoms with Gasteiger partial charge in [-0.2, -0.15) is 0 Å². The van der Waals surface area contributed by atoms with Crippen LogP contribution < -0.4 is 11.3 Å². The molecule has 5 heteroatoms. The van der Waals surface area contributed by atoms with Crippen LogP contribution in [-0.4, -0.2) is 0 Å². The van der Waals surface area contributed by atoms with Crippen molar-refractivity contribution >= 4 is 22.1 Å². The minimum atomic E-state index is -0.639. The van der Waals surface area contributed by atoms with Crippen molar-refractivity contribution in [3.05, 3.63) is 79.8 Å². The van der Waals surface area contributed by atoms with E-state index >= 15 is 0 Å². The standard InChI is InChI=1S/C21H14O4S/c22-20-18-15(11-16(24-20)17-9-4-10-26-17)14-8-3-6-12-5-1-2-7-13(12)19(14)25-21(18)23/h1-2,4-5,7,9-11H,3,6,8H2. The first-order valence-electron chi connectivity index (χ1n) is 8.48. The second-order valence-electron chi connectivity index (χ2n) is 6.37. The first kappa shape index (κ1) is 15.3. The van der Waals surface area contributed by atoms with Gasteiger partial charge in [0.2, 0.25) is 0 Å². The Morgan fingerprint density at radius 2 is 1.77 bits per heavy atom. The van der Waals surface area contributed by atoms with Crippen LogP contribution >= 0.6 is 11.3 Å². The molecule has 5 rings (SSSR count). The molecule has 26 heavy (non-hydrogen) atoms. The van der Waals surface area contributed by atoms with Gasteiger partial charge in [0, 0.05) is 16.5 Å². The van der Waals surface area contributed by atoms with Crippen molar-refractivity contribution in [1.29, 1.82) is 0 Å². The van der Waals surface area contributed by atoms with Gasteiger partial charge in [0.05, 0.1) is 4.88 Å². The maximum atomic E-state index is 12.6. The van der Waals surface area contributed by atoms with Gasteiger partial charge < -0.3 is 8.83 Å². The van der Waals surface area contributed by atoms with E-state index in [0.29, 0.717) is 16.9 Å². The summed E-state index contributed by atoms with van der Waals surface area (Å²) in [6.07, 6.45) is 2.59. The highest BCUT2D eigenvalue weighted by Crippen LogP contribution is 2.36. The van der Waals surface area contributed by atoms with Gasteiger partial charge in [-0.3, -0.25) is 0 Å². The number of hydrogen-bond acceptors (Lipinski definition) is 5. The zero-order chi connectivity index (χ0) is 17.7. The van der Waals surface area contributed by atoms with Gasteiger partial charge in [-0.1, -0.05) is 30.3 Å². The Bertz CT molecular complexity index is 1250. The number of benzene rings is 1. The Labute approximate surface area is 152 Å². The Hall–Kier alpha value is -2.92. The highest BCUT2D eigenvalue weighted by Gasteiger charge is 2.23. The molecule has 4 nitrogen and oxygen atoms in total. The Morgan fingerprint density at radius 1 is 0.923 bits per heavy atom. The molecule has 0 bridgehead atoms. The number of aryl methyl sites for hydroxylation is 2. The van der Waals surface area contributed by atoms with Crippen LogP contribution in [0.4, 0.5) is 0 Å². The molecule has 1 aromatic carbocycles. The fourth-order valence-electron chi connectivity index (χ4n) is 3.67. The summed E-state index contributed by atoms with van der Waals surface area (Å²) in [5.41, 5.74) is 1.73. The number of fused-ring (bicyclic) bond motifs is 5. The average molecular weight is 362 g/mol. The molecule has 0 radical (unpaired) electrons. The zero-order valence-electron chi connectivity index (χ0n) is 13.8. The quantitative estimate of drug-likeness (QED) is 0.495.